The Balaban J connectivity index is 1.71. The first-order chi connectivity index (χ1) is 9.33. The van der Waals surface area contributed by atoms with Crippen LogP contribution in [-0.2, 0) is 6.54 Å². The van der Waals surface area contributed by atoms with E-state index in [9.17, 15) is 4.79 Å². The summed E-state index contributed by atoms with van der Waals surface area (Å²) in [6, 6.07) is 8.93. The standard InChI is InChI=1S/C14H19N3OS/c18-14-15-6-7-17(14)9-11-3-1-2-4-13(11)16-12-5-8-19-10-12/h1-4,12,16H,5-10H2,(H,15,18). The summed E-state index contributed by atoms with van der Waals surface area (Å²) in [4.78, 5) is 13.5. The van der Waals surface area contributed by atoms with E-state index in [1.165, 1.54) is 29.2 Å². The summed E-state index contributed by atoms with van der Waals surface area (Å²) in [5.41, 5.74) is 2.38. The lowest BCUT2D eigenvalue weighted by Crippen LogP contribution is -2.28. The van der Waals surface area contributed by atoms with E-state index in [0.717, 1.165) is 13.1 Å². The number of carbonyl (C=O) groups excluding carboxylic acids is 1. The number of para-hydroxylation sites is 1. The molecule has 102 valence electrons. The number of thioether (sulfide) groups is 1. The maximum atomic E-state index is 11.6. The van der Waals surface area contributed by atoms with Crippen molar-refractivity contribution in [3.05, 3.63) is 29.8 Å². The molecule has 1 aromatic rings. The van der Waals surface area contributed by atoms with Crippen molar-refractivity contribution in [1.29, 1.82) is 0 Å². The fourth-order valence-electron chi connectivity index (χ4n) is 2.53. The maximum Gasteiger partial charge on any atom is 0.317 e. The first-order valence-corrected chi connectivity index (χ1v) is 7.93. The molecule has 0 aliphatic carbocycles. The van der Waals surface area contributed by atoms with Crippen molar-refractivity contribution in [3.8, 4) is 0 Å². The maximum absolute atomic E-state index is 11.6. The number of carbonyl (C=O) groups is 1. The molecule has 19 heavy (non-hydrogen) atoms. The average molecular weight is 277 g/mol. The third-order valence-corrected chi connectivity index (χ3v) is 4.78. The molecule has 2 heterocycles. The van der Waals surface area contributed by atoms with E-state index in [1.807, 2.05) is 22.7 Å². The molecule has 4 nitrogen and oxygen atoms in total. The van der Waals surface area contributed by atoms with Crippen molar-refractivity contribution >= 4 is 23.5 Å². The summed E-state index contributed by atoms with van der Waals surface area (Å²) in [7, 11) is 0. The van der Waals surface area contributed by atoms with Gasteiger partial charge in [-0.15, -0.1) is 0 Å². The molecule has 0 aromatic heterocycles. The van der Waals surface area contributed by atoms with Crippen LogP contribution in [0.15, 0.2) is 24.3 Å². The lowest BCUT2D eigenvalue weighted by Gasteiger charge is -2.20. The molecule has 0 saturated carbocycles. The largest absolute Gasteiger partial charge is 0.381 e. The Morgan fingerprint density at radius 2 is 2.32 bits per heavy atom. The van der Waals surface area contributed by atoms with Gasteiger partial charge in [0.15, 0.2) is 0 Å². The van der Waals surface area contributed by atoms with Gasteiger partial charge in [-0.1, -0.05) is 18.2 Å². The number of nitrogens with zero attached hydrogens (tertiary/aromatic N) is 1. The predicted octanol–water partition coefficient (Wildman–Crippen LogP) is 2.13. The SMILES string of the molecule is O=C1NCCN1Cc1ccccc1NC1CCSC1. The van der Waals surface area contributed by atoms with Crippen molar-refractivity contribution in [2.75, 3.05) is 29.9 Å². The Morgan fingerprint density at radius 3 is 3.05 bits per heavy atom. The van der Waals surface area contributed by atoms with Gasteiger partial charge in [-0.3, -0.25) is 0 Å². The lowest BCUT2D eigenvalue weighted by molar-refractivity contribution is 0.215. The molecule has 0 radical (unpaired) electrons. The number of nitrogens with one attached hydrogen (secondary N) is 2. The normalized spacial score (nSPS) is 22.6. The Hall–Kier alpha value is -1.36. The van der Waals surface area contributed by atoms with Gasteiger partial charge in [0.2, 0.25) is 0 Å². The van der Waals surface area contributed by atoms with E-state index >= 15 is 0 Å². The lowest BCUT2D eigenvalue weighted by atomic mass is 10.1. The molecular weight excluding hydrogens is 258 g/mol. The van der Waals surface area contributed by atoms with Crippen molar-refractivity contribution in [3.63, 3.8) is 0 Å². The highest BCUT2D eigenvalue weighted by Gasteiger charge is 2.21. The first-order valence-electron chi connectivity index (χ1n) is 6.78. The Bertz CT molecular complexity index is 460. The molecule has 5 heteroatoms. The molecule has 3 rings (SSSR count). The molecule has 2 fully saturated rings. The van der Waals surface area contributed by atoms with Gasteiger partial charge in [-0.2, -0.15) is 11.8 Å². The average Bonchev–Trinajstić information content (AvgIpc) is 3.05. The second kappa shape index (κ2) is 5.74. The monoisotopic (exact) mass is 277 g/mol. The van der Waals surface area contributed by atoms with Gasteiger partial charge in [0, 0.05) is 37.1 Å². The van der Waals surface area contributed by atoms with Crippen LogP contribution in [0.2, 0.25) is 0 Å². The predicted molar refractivity (Wildman–Crippen MR) is 79.6 cm³/mol. The van der Waals surface area contributed by atoms with Gasteiger partial charge in [0.25, 0.3) is 0 Å². The summed E-state index contributed by atoms with van der Waals surface area (Å²) < 4.78 is 0. The van der Waals surface area contributed by atoms with E-state index in [-0.39, 0.29) is 6.03 Å². The van der Waals surface area contributed by atoms with Gasteiger partial charge in [0.05, 0.1) is 0 Å². The van der Waals surface area contributed by atoms with Crippen LogP contribution in [0.3, 0.4) is 0 Å². The topological polar surface area (TPSA) is 44.4 Å². The molecule has 2 aliphatic rings. The fourth-order valence-corrected chi connectivity index (χ4v) is 3.69. The number of hydrogen-bond donors (Lipinski definition) is 2. The minimum Gasteiger partial charge on any atom is -0.381 e. The molecule has 0 spiro atoms. The van der Waals surface area contributed by atoms with Crippen LogP contribution in [0, 0.1) is 0 Å². The minimum atomic E-state index is 0.0474. The fraction of sp³-hybridized carbons (Fsp3) is 0.500. The number of amides is 2. The molecule has 1 aromatic carbocycles. The molecule has 2 saturated heterocycles. The van der Waals surface area contributed by atoms with Crippen LogP contribution in [0.1, 0.15) is 12.0 Å². The summed E-state index contributed by atoms with van der Waals surface area (Å²) in [5, 5.41) is 6.46. The Morgan fingerprint density at radius 1 is 1.42 bits per heavy atom. The zero-order valence-corrected chi connectivity index (χ0v) is 11.7. The van der Waals surface area contributed by atoms with Crippen LogP contribution in [0.4, 0.5) is 10.5 Å². The van der Waals surface area contributed by atoms with Crippen molar-refractivity contribution in [2.45, 2.75) is 19.0 Å². The van der Waals surface area contributed by atoms with E-state index in [4.69, 9.17) is 0 Å². The van der Waals surface area contributed by atoms with Crippen molar-refractivity contribution in [2.24, 2.45) is 0 Å². The minimum absolute atomic E-state index is 0.0474. The number of benzene rings is 1. The Labute approximate surface area is 117 Å². The zero-order valence-electron chi connectivity index (χ0n) is 10.9. The summed E-state index contributed by atoms with van der Waals surface area (Å²) in [6.45, 7) is 2.25. The van der Waals surface area contributed by atoms with Gasteiger partial charge >= 0.3 is 6.03 Å². The van der Waals surface area contributed by atoms with Crippen LogP contribution in [-0.4, -0.2) is 41.6 Å². The van der Waals surface area contributed by atoms with Crippen LogP contribution >= 0.6 is 11.8 Å². The quantitative estimate of drug-likeness (QED) is 0.886. The number of urea groups is 1. The van der Waals surface area contributed by atoms with Crippen LogP contribution in [0.5, 0.6) is 0 Å². The van der Waals surface area contributed by atoms with Crippen molar-refractivity contribution in [1.82, 2.24) is 10.2 Å². The van der Waals surface area contributed by atoms with Gasteiger partial charge in [0.1, 0.15) is 0 Å². The third-order valence-electron chi connectivity index (χ3n) is 3.61. The molecule has 2 aliphatic heterocycles. The summed E-state index contributed by atoms with van der Waals surface area (Å²) >= 11 is 2.00. The number of rotatable bonds is 4. The van der Waals surface area contributed by atoms with E-state index < -0.39 is 0 Å². The smallest absolute Gasteiger partial charge is 0.317 e. The molecular formula is C14H19N3OS. The van der Waals surface area contributed by atoms with Crippen molar-refractivity contribution < 1.29 is 4.79 Å². The third kappa shape index (κ3) is 2.97. The van der Waals surface area contributed by atoms with E-state index in [2.05, 4.69) is 28.8 Å². The highest BCUT2D eigenvalue weighted by Crippen LogP contribution is 2.24. The molecule has 1 unspecified atom stereocenters. The summed E-state index contributed by atoms with van der Waals surface area (Å²) in [5.74, 6) is 2.42. The second-order valence-corrected chi connectivity index (χ2v) is 6.17. The van der Waals surface area contributed by atoms with Crippen LogP contribution < -0.4 is 10.6 Å². The molecule has 1 atom stereocenters. The van der Waals surface area contributed by atoms with Gasteiger partial charge in [-0.25, -0.2) is 4.79 Å². The highest BCUT2D eigenvalue weighted by molar-refractivity contribution is 7.99. The van der Waals surface area contributed by atoms with E-state index in [1.54, 1.807) is 0 Å². The molecule has 0 bridgehead atoms. The molecule has 2 amide bonds. The van der Waals surface area contributed by atoms with Gasteiger partial charge < -0.3 is 15.5 Å². The summed E-state index contributed by atoms with van der Waals surface area (Å²) in [6.07, 6.45) is 1.23. The van der Waals surface area contributed by atoms with Gasteiger partial charge in [-0.05, 0) is 23.8 Å². The highest BCUT2D eigenvalue weighted by atomic mass is 32.2. The zero-order chi connectivity index (χ0) is 13.1. The second-order valence-electron chi connectivity index (χ2n) is 5.02. The number of anilines is 1. The first kappa shape index (κ1) is 12.7. The molecule has 2 N–H and O–H groups in total. The van der Waals surface area contributed by atoms with Crippen LogP contribution in [0.25, 0.3) is 0 Å². The number of hydrogen-bond acceptors (Lipinski definition) is 3. The van der Waals surface area contributed by atoms with E-state index in [0.29, 0.717) is 12.6 Å². The Kier molecular flexibility index (Phi) is 3.82.